The largest absolute Gasteiger partial charge is 0.456 e. The first-order valence-electron chi connectivity index (χ1n) is 6.71. The number of para-hydroxylation sites is 1. The van der Waals surface area contributed by atoms with Gasteiger partial charge in [0.1, 0.15) is 5.76 Å². The van der Waals surface area contributed by atoms with Crippen LogP contribution >= 0.6 is 15.9 Å². The molecular weight excluding hydrogens is 333 g/mol. The third kappa shape index (κ3) is 2.61. The number of aryl methyl sites for hydroxylation is 1. The summed E-state index contributed by atoms with van der Waals surface area (Å²) in [6.07, 6.45) is 0. The van der Waals surface area contributed by atoms with Crippen LogP contribution in [0.5, 0.6) is 0 Å². The summed E-state index contributed by atoms with van der Waals surface area (Å²) < 4.78 is 20.5. The highest BCUT2D eigenvalue weighted by Crippen LogP contribution is 2.33. The summed E-state index contributed by atoms with van der Waals surface area (Å²) in [4.78, 5) is 0. The van der Waals surface area contributed by atoms with Crippen molar-refractivity contribution >= 4 is 26.9 Å². The first kappa shape index (κ1) is 14.3. The summed E-state index contributed by atoms with van der Waals surface area (Å²) in [5, 5.41) is 4.00. The van der Waals surface area contributed by atoms with Crippen molar-refractivity contribution in [1.82, 2.24) is 5.32 Å². The molecule has 21 heavy (non-hydrogen) atoms. The Morgan fingerprint density at radius 1 is 1.19 bits per heavy atom. The molecule has 1 aromatic heterocycles. The fourth-order valence-corrected chi connectivity index (χ4v) is 3.23. The van der Waals surface area contributed by atoms with E-state index in [-0.39, 0.29) is 11.9 Å². The van der Waals surface area contributed by atoms with Crippen LogP contribution in [0.2, 0.25) is 0 Å². The number of nitrogens with one attached hydrogen (secondary N) is 1. The SMILES string of the molecule is CNC(c1cc2cccc(F)c2o1)c1ccc(C)cc1Br. The Labute approximate surface area is 131 Å². The number of fused-ring (bicyclic) bond motifs is 1. The van der Waals surface area contributed by atoms with Gasteiger partial charge in [0.15, 0.2) is 11.4 Å². The molecule has 0 spiro atoms. The van der Waals surface area contributed by atoms with Crippen molar-refractivity contribution in [1.29, 1.82) is 0 Å². The predicted molar refractivity (Wildman–Crippen MR) is 86.0 cm³/mol. The topological polar surface area (TPSA) is 25.2 Å². The Morgan fingerprint density at radius 3 is 2.67 bits per heavy atom. The Balaban J connectivity index is 2.11. The van der Waals surface area contributed by atoms with Gasteiger partial charge in [-0.25, -0.2) is 4.39 Å². The Morgan fingerprint density at radius 2 is 2.00 bits per heavy atom. The molecule has 0 saturated heterocycles. The molecule has 3 rings (SSSR count). The molecule has 0 amide bonds. The summed E-state index contributed by atoms with van der Waals surface area (Å²) in [6.45, 7) is 2.04. The van der Waals surface area contributed by atoms with Gasteiger partial charge < -0.3 is 9.73 Å². The molecular formula is C17H15BrFNO. The molecule has 3 aromatic rings. The normalized spacial score (nSPS) is 12.8. The molecule has 0 bridgehead atoms. The summed E-state index contributed by atoms with van der Waals surface area (Å²) in [5.74, 6) is 0.360. The van der Waals surface area contributed by atoms with Gasteiger partial charge in [0.2, 0.25) is 0 Å². The minimum absolute atomic E-state index is 0.133. The van der Waals surface area contributed by atoms with Gasteiger partial charge in [0, 0.05) is 9.86 Å². The molecule has 0 radical (unpaired) electrons. The van der Waals surface area contributed by atoms with E-state index in [2.05, 4.69) is 27.3 Å². The fourth-order valence-electron chi connectivity index (χ4n) is 2.51. The van der Waals surface area contributed by atoms with Crippen LogP contribution in [0.15, 0.2) is 51.4 Å². The summed E-state index contributed by atoms with van der Waals surface area (Å²) >= 11 is 3.59. The van der Waals surface area contributed by atoms with Crippen LogP contribution in [0, 0.1) is 12.7 Å². The molecule has 0 saturated carbocycles. The molecule has 1 heterocycles. The van der Waals surface area contributed by atoms with Crippen molar-refractivity contribution in [3.63, 3.8) is 0 Å². The highest BCUT2D eigenvalue weighted by atomic mass is 79.9. The van der Waals surface area contributed by atoms with E-state index in [1.54, 1.807) is 6.07 Å². The maximum Gasteiger partial charge on any atom is 0.169 e. The average Bonchev–Trinajstić information content (AvgIpc) is 2.87. The molecule has 1 N–H and O–H groups in total. The smallest absolute Gasteiger partial charge is 0.169 e. The number of benzene rings is 2. The van der Waals surface area contributed by atoms with E-state index in [4.69, 9.17) is 4.42 Å². The summed E-state index contributed by atoms with van der Waals surface area (Å²) in [5.41, 5.74) is 2.54. The Hall–Kier alpha value is -1.65. The zero-order valence-corrected chi connectivity index (χ0v) is 13.4. The van der Waals surface area contributed by atoms with Crippen LogP contribution < -0.4 is 5.32 Å². The van der Waals surface area contributed by atoms with E-state index < -0.39 is 0 Å². The molecule has 1 atom stereocenters. The molecule has 108 valence electrons. The van der Waals surface area contributed by atoms with Gasteiger partial charge >= 0.3 is 0 Å². The Bertz CT molecular complexity index is 797. The van der Waals surface area contributed by atoms with Crippen molar-refractivity contribution < 1.29 is 8.81 Å². The van der Waals surface area contributed by atoms with Gasteiger partial charge in [-0.15, -0.1) is 0 Å². The summed E-state index contributed by atoms with van der Waals surface area (Å²) in [6, 6.07) is 12.8. The number of furan rings is 1. The second kappa shape index (κ2) is 5.62. The van der Waals surface area contributed by atoms with Crippen LogP contribution in [0.3, 0.4) is 0 Å². The first-order valence-corrected chi connectivity index (χ1v) is 7.50. The van der Waals surface area contributed by atoms with Gasteiger partial charge in [0.05, 0.1) is 6.04 Å². The molecule has 1 unspecified atom stereocenters. The van der Waals surface area contributed by atoms with Crippen molar-refractivity contribution in [2.75, 3.05) is 7.05 Å². The van der Waals surface area contributed by atoms with Crippen molar-refractivity contribution in [2.45, 2.75) is 13.0 Å². The lowest BCUT2D eigenvalue weighted by molar-refractivity contribution is 0.476. The van der Waals surface area contributed by atoms with Crippen molar-refractivity contribution in [3.8, 4) is 0 Å². The number of hydrogen-bond donors (Lipinski definition) is 1. The molecule has 4 heteroatoms. The molecule has 0 aliphatic carbocycles. The van der Waals surface area contributed by atoms with Crippen molar-refractivity contribution in [2.24, 2.45) is 0 Å². The lowest BCUT2D eigenvalue weighted by Gasteiger charge is -2.16. The lowest BCUT2D eigenvalue weighted by Crippen LogP contribution is -2.17. The van der Waals surface area contributed by atoms with E-state index in [1.165, 1.54) is 11.6 Å². The van der Waals surface area contributed by atoms with E-state index in [0.29, 0.717) is 11.3 Å². The molecule has 0 aliphatic rings. The molecule has 2 aromatic carbocycles. The Kier molecular flexibility index (Phi) is 3.83. The minimum atomic E-state index is -0.337. The maximum atomic E-state index is 13.8. The quantitative estimate of drug-likeness (QED) is 0.724. The van der Waals surface area contributed by atoms with Gasteiger partial charge in [0.25, 0.3) is 0 Å². The minimum Gasteiger partial charge on any atom is -0.456 e. The summed E-state index contributed by atoms with van der Waals surface area (Å²) in [7, 11) is 1.86. The number of halogens is 2. The number of hydrogen-bond acceptors (Lipinski definition) is 2. The standard InChI is InChI=1S/C17H15BrFNO/c1-10-6-7-12(13(18)8-10)16(20-2)15-9-11-4-3-5-14(19)17(11)21-15/h3-9,16,20H,1-2H3. The van der Waals surface area contributed by atoms with Crippen LogP contribution in [-0.4, -0.2) is 7.05 Å². The molecule has 2 nitrogen and oxygen atoms in total. The van der Waals surface area contributed by atoms with E-state index in [1.807, 2.05) is 38.2 Å². The molecule has 0 fully saturated rings. The van der Waals surface area contributed by atoms with Gasteiger partial charge in [-0.05, 0) is 43.3 Å². The van der Waals surface area contributed by atoms with Crippen LogP contribution in [0.1, 0.15) is 22.9 Å². The zero-order chi connectivity index (χ0) is 15.0. The molecule has 0 aliphatic heterocycles. The second-order valence-corrected chi connectivity index (χ2v) is 5.91. The van der Waals surface area contributed by atoms with E-state index in [9.17, 15) is 4.39 Å². The van der Waals surface area contributed by atoms with Gasteiger partial charge in [-0.1, -0.05) is 40.2 Å². The third-order valence-corrected chi connectivity index (χ3v) is 4.24. The van der Waals surface area contributed by atoms with Crippen LogP contribution in [0.25, 0.3) is 11.0 Å². The van der Waals surface area contributed by atoms with Gasteiger partial charge in [-0.2, -0.15) is 0 Å². The lowest BCUT2D eigenvalue weighted by atomic mass is 10.0. The zero-order valence-electron chi connectivity index (χ0n) is 11.8. The number of rotatable bonds is 3. The van der Waals surface area contributed by atoms with Crippen molar-refractivity contribution in [3.05, 3.63) is 69.6 Å². The fraction of sp³-hybridized carbons (Fsp3) is 0.176. The van der Waals surface area contributed by atoms with Gasteiger partial charge in [-0.3, -0.25) is 0 Å². The van der Waals surface area contributed by atoms with Crippen LogP contribution in [-0.2, 0) is 0 Å². The van der Waals surface area contributed by atoms with E-state index in [0.717, 1.165) is 15.4 Å². The first-order chi connectivity index (χ1) is 10.1. The predicted octanol–water partition coefficient (Wildman–Crippen LogP) is 4.95. The van der Waals surface area contributed by atoms with Crippen LogP contribution in [0.4, 0.5) is 4.39 Å². The monoisotopic (exact) mass is 347 g/mol. The highest BCUT2D eigenvalue weighted by Gasteiger charge is 2.20. The van der Waals surface area contributed by atoms with E-state index >= 15 is 0 Å². The average molecular weight is 348 g/mol. The third-order valence-electron chi connectivity index (χ3n) is 3.56. The second-order valence-electron chi connectivity index (χ2n) is 5.05. The highest BCUT2D eigenvalue weighted by molar-refractivity contribution is 9.10. The maximum absolute atomic E-state index is 13.8.